The number of hydrogen-bond donors (Lipinski definition) is 0. The van der Waals surface area contributed by atoms with Crippen molar-refractivity contribution in [2.45, 2.75) is 31.8 Å². The molecule has 20 heavy (non-hydrogen) atoms. The summed E-state index contributed by atoms with van der Waals surface area (Å²) in [7, 11) is 0. The lowest BCUT2D eigenvalue weighted by Gasteiger charge is -2.19. The van der Waals surface area contributed by atoms with Crippen LogP contribution in [0.2, 0.25) is 0 Å². The fourth-order valence-electron chi connectivity index (χ4n) is 2.15. The second kappa shape index (κ2) is 5.85. The first-order chi connectivity index (χ1) is 9.74. The summed E-state index contributed by atoms with van der Waals surface area (Å²) in [6.45, 7) is 0. The number of carbonyl (C=O) groups is 2. The summed E-state index contributed by atoms with van der Waals surface area (Å²) in [6, 6.07) is 3.91. The van der Waals surface area contributed by atoms with Crippen molar-refractivity contribution in [2.24, 2.45) is 0 Å². The van der Waals surface area contributed by atoms with Crippen molar-refractivity contribution in [1.82, 2.24) is 4.98 Å². The third kappa shape index (κ3) is 2.81. The normalized spacial score (nSPS) is 19.0. The molecule has 6 heteroatoms. The van der Waals surface area contributed by atoms with Crippen molar-refractivity contribution >= 4 is 34.4 Å². The van der Waals surface area contributed by atoms with E-state index in [1.807, 2.05) is 17.5 Å². The number of carbonyl (C=O) groups excluding carboxylic acids is 2. The number of aromatic nitrogens is 1. The monoisotopic (exact) mass is 307 g/mol. The van der Waals surface area contributed by atoms with Crippen molar-refractivity contribution in [1.29, 1.82) is 0 Å². The van der Waals surface area contributed by atoms with Crippen LogP contribution in [0.15, 0.2) is 22.9 Å². The zero-order valence-electron chi connectivity index (χ0n) is 10.7. The Balaban J connectivity index is 1.70. The zero-order valence-corrected chi connectivity index (χ0v) is 12.3. The molecule has 0 radical (unpaired) electrons. The maximum Gasteiger partial charge on any atom is 0.358 e. The summed E-state index contributed by atoms with van der Waals surface area (Å²) in [5.74, 6) is -0.470. The molecule has 0 bridgehead atoms. The van der Waals surface area contributed by atoms with E-state index in [0.29, 0.717) is 12.8 Å². The third-order valence-electron chi connectivity index (χ3n) is 3.19. The molecule has 2 heterocycles. The van der Waals surface area contributed by atoms with Crippen molar-refractivity contribution in [2.75, 3.05) is 0 Å². The van der Waals surface area contributed by atoms with E-state index in [1.165, 1.54) is 11.3 Å². The third-order valence-corrected chi connectivity index (χ3v) is 5.07. The Labute approximate surface area is 124 Å². The molecule has 2 aromatic rings. The number of ketones is 1. The lowest BCUT2D eigenvalue weighted by Crippen LogP contribution is -2.30. The topological polar surface area (TPSA) is 56.3 Å². The first kappa shape index (κ1) is 13.5. The predicted molar refractivity (Wildman–Crippen MR) is 78.1 cm³/mol. The molecular formula is C14H13NO3S2. The molecule has 3 rings (SSSR count). The van der Waals surface area contributed by atoms with Crippen LogP contribution >= 0.6 is 22.7 Å². The summed E-state index contributed by atoms with van der Waals surface area (Å²) >= 11 is 2.99. The summed E-state index contributed by atoms with van der Waals surface area (Å²) in [6.07, 6.45) is 2.39. The summed E-state index contributed by atoms with van der Waals surface area (Å²) in [4.78, 5) is 29.0. The van der Waals surface area contributed by atoms with E-state index in [1.54, 1.807) is 16.7 Å². The Morgan fingerprint density at radius 3 is 3.00 bits per heavy atom. The Bertz CT molecular complexity index is 618. The molecule has 0 aromatic carbocycles. The van der Waals surface area contributed by atoms with E-state index < -0.39 is 12.1 Å². The minimum atomic E-state index is -0.580. The van der Waals surface area contributed by atoms with Crippen LogP contribution in [-0.4, -0.2) is 22.8 Å². The molecule has 0 N–H and O–H groups in total. The molecule has 4 nitrogen and oxygen atoms in total. The molecule has 2 aromatic heterocycles. The van der Waals surface area contributed by atoms with Crippen molar-refractivity contribution in [3.05, 3.63) is 28.6 Å². The molecule has 1 aliphatic carbocycles. The summed E-state index contributed by atoms with van der Waals surface area (Å²) in [5.41, 5.74) is 0.289. The molecule has 0 saturated heterocycles. The number of Topliss-reactive ketones (excluding diaryl/α,β-unsaturated/α-hetero) is 1. The molecule has 0 amide bonds. The van der Waals surface area contributed by atoms with Crippen molar-refractivity contribution in [3.8, 4) is 9.88 Å². The maximum absolute atomic E-state index is 12.0. The quantitative estimate of drug-likeness (QED) is 0.814. The van der Waals surface area contributed by atoms with Gasteiger partial charge in [0, 0.05) is 11.8 Å². The van der Waals surface area contributed by atoms with Crippen molar-refractivity contribution in [3.63, 3.8) is 0 Å². The molecule has 104 valence electrons. The Morgan fingerprint density at radius 1 is 1.35 bits per heavy atom. The van der Waals surface area contributed by atoms with Gasteiger partial charge in [0.25, 0.3) is 0 Å². The van der Waals surface area contributed by atoms with Gasteiger partial charge in [0.1, 0.15) is 5.01 Å². The summed E-state index contributed by atoms with van der Waals surface area (Å²) in [5, 5.41) is 4.46. The number of esters is 1. The highest BCUT2D eigenvalue weighted by Crippen LogP contribution is 2.28. The summed E-state index contributed by atoms with van der Waals surface area (Å²) < 4.78 is 5.28. The zero-order chi connectivity index (χ0) is 13.9. The first-order valence-electron chi connectivity index (χ1n) is 6.47. The largest absolute Gasteiger partial charge is 0.450 e. The molecular weight excluding hydrogens is 294 g/mol. The fraction of sp³-hybridized carbons (Fsp3) is 0.357. The van der Waals surface area contributed by atoms with Crippen LogP contribution < -0.4 is 0 Å². The molecule has 0 aliphatic heterocycles. The van der Waals surface area contributed by atoms with Gasteiger partial charge in [-0.1, -0.05) is 6.07 Å². The molecule has 1 atom stereocenters. The minimum Gasteiger partial charge on any atom is -0.450 e. The Hall–Kier alpha value is -1.53. The van der Waals surface area contributed by atoms with Gasteiger partial charge in [-0.05, 0) is 30.7 Å². The molecule has 1 saturated carbocycles. The van der Waals surface area contributed by atoms with Gasteiger partial charge in [-0.3, -0.25) is 4.79 Å². The van der Waals surface area contributed by atoms with Crippen LogP contribution in [0.25, 0.3) is 9.88 Å². The molecule has 1 aliphatic rings. The number of ether oxygens (including phenoxy) is 1. The van der Waals surface area contributed by atoms with Gasteiger partial charge in [0.2, 0.25) is 0 Å². The van der Waals surface area contributed by atoms with Gasteiger partial charge in [-0.2, -0.15) is 0 Å². The van der Waals surface area contributed by atoms with E-state index >= 15 is 0 Å². The Morgan fingerprint density at radius 2 is 2.25 bits per heavy atom. The highest BCUT2D eigenvalue weighted by molar-refractivity contribution is 7.20. The Kier molecular flexibility index (Phi) is 3.93. The van der Waals surface area contributed by atoms with Gasteiger partial charge < -0.3 is 4.74 Å². The SMILES string of the molecule is O=C(O[C@H]1CCCCC1=O)c1csc(-c2cccs2)n1. The number of thiazole rings is 1. The predicted octanol–water partition coefficient (Wildman–Crippen LogP) is 3.54. The second-order valence-electron chi connectivity index (χ2n) is 4.62. The van der Waals surface area contributed by atoms with Crippen LogP contribution in [0.3, 0.4) is 0 Å². The van der Waals surface area contributed by atoms with Gasteiger partial charge in [0.05, 0.1) is 4.88 Å². The van der Waals surface area contributed by atoms with Crippen LogP contribution in [-0.2, 0) is 9.53 Å². The highest BCUT2D eigenvalue weighted by atomic mass is 32.1. The van der Waals surface area contributed by atoms with Crippen LogP contribution in [0.4, 0.5) is 0 Å². The van der Waals surface area contributed by atoms with Crippen LogP contribution in [0.1, 0.15) is 36.2 Å². The molecule has 0 spiro atoms. The first-order valence-corrected chi connectivity index (χ1v) is 8.23. The van der Waals surface area contributed by atoms with E-state index in [-0.39, 0.29) is 11.5 Å². The average Bonchev–Trinajstić information content (AvgIpc) is 3.11. The molecule has 1 fully saturated rings. The van der Waals surface area contributed by atoms with Crippen LogP contribution in [0.5, 0.6) is 0 Å². The minimum absolute atomic E-state index is 0.0262. The average molecular weight is 307 g/mol. The highest BCUT2D eigenvalue weighted by Gasteiger charge is 2.27. The maximum atomic E-state index is 12.0. The standard InChI is InChI=1S/C14H13NO3S2/c16-10-4-1-2-5-11(10)18-14(17)9-8-20-13(15-9)12-6-3-7-19-12/h3,6-8,11H,1-2,4-5H2/t11-/m0/s1. The number of thiophene rings is 1. The number of rotatable bonds is 3. The van der Waals surface area contributed by atoms with Gasteiger partial charge in [0.15, 0.2) is 17.6 Å². The second-order valence-corrected chi connectivity index (χ2v) is 6.43. The van der Waals surface area contributed by atoms with E-state index in [0.717, 1.165) is 22.7 Å². The molecule has 0 unspecified atom stereocenters. The fourth-order valence-corrected chi connectivity index (χ4v) is 3.75. The van der Waals surface area contributed by atoms with Gasteiger partial charge in [-0.15, -0.1) is 22.7 Å². The lowest BCUT2D eigenvalue weighted by molar-refractivity contribution is -0.129. The number of hydrogen-bond acceptors (Lipinski definition) is 6. The number of nitrogens with zero attached hydrogens (tertiary/aromatic N) is 1. The van der Waals surface area contributed by atoms with E-state index in [4.69, 9.17) is 4.74 Å². The van der Waals surface area contributed by atoms with E-state index in [9.17, 15) is 9.59 Å². The van der Waals surface area contributed by atoms with Crippen LogP contribution in [0, 0.1) is 0 Å². The smallest absolute Gasteiger partial charge is 0.358 e. The van der Waals surface area contributed by atoms with Gasteiger partial charge in [-0.25, -0.2) is 9.78 Å². The van der Waals surface area contributed by atoms with E-state index in [2.05, 4.69) is 4.98 Å². The lowest BCUT2D eigenvalue weighted by atomic mass is 9.96. The van der Waals surface area contributed by atoms with Gasteiger partial charge >= 0.3 is 5.97 Å². The van der Waals surface area contributed by atoms with Crippen molar-refractivity contribution < 1.29 is 14.3 Å².